The van der Waals surface area contributed by atoms with Crippen molar-refractivity contribution in [1.82, 2.24) is 0 Å². The molecule has 0 radical (unpaired) electrons. The Bertz CT molecular complexity index is 657. The van der Waals surface area contributed by atoms with E-state index >= 15 is 0 Å². The molecule has 2 aromatic carbocycles. The van der Waals surface area contributed by atoms with Crippen LogP contribution < -0.4 is 0 Å². The monoisotopic (exact) mass is 342 g/mol. The number of alkyl halides is 2. The molecular weight excluding hydrogens is 314 g/mol. The number of hydrogen-bond acceptors (Lipinski definition) is 0. The predicted octanol–water partition coefficient (Wildman–Crippen LogP) is 7.24. The van der Waals surface area contributed by atoms with Gasteiger partial charge in [0.25, 0.3) is 0 Å². The highest BCUT2D eigenvalue weighted by Gasteiger charge is 2.22. The van der Waals surface area contributed by atoms with Crippen LogP contribution in [0.5, 0.6) is 0 Å². The van der Waals surface area contributed by atoms with Gasteiger partial charge in [-0.25, -0.2) is 8.78 Å². The maximum Gasteiger partial charge on any atom is 0.249 e. The molecule has 0 atom stereocenters. The lowest BCUT2D eigenvalue weighted by Gasteiger charge is -2.28. The quantitative estimate of drug-likeness (QED) is 0.537. The van der Waals surface area contributed by atoms with E-state index in [0.29, 0.717) is 11.5 Å². The Labute approximate surface area is 150 Å². The summed E-state index contributed by atoms with van der Waals surface area (Å²) in [4.78, 5) is 0. The lowest BCUT2D eigenvalue weighted by atomic mass is 9.77. The molecule has 0 amide bonds. The van der Waals surface area contributed by atoms with Crippen LogP contribution in [-0.2, 0) is 6.42 Å². The van der Waals surface area contributed by atoms with E-state index in [1.54, 1.807) is 0 Å². The van der Waals surface area contributed by atoms with Crippen molar-refractivity contribution in [2.24, 2.45) is 5.92 Å². The SMILES string of the molecule is CC[C@H]1CC[C@H](c2ccc(-c3ccc(CC(C)(F)F)cc3)cc2)CC1. The standard InChI is InChI=1S/C23H28F2/c1-3-17-4-8-19(9-5-17)21-12-14-22(15-13-21)20-10-6-18(7-11-20)16-23(2,24)25/h6-7,10-15,17,19H,3-5,8-9,16H2,1-2H3/t17-,19-. The molecule has 0 aliphatic heterocycles. The second kappa shape index (κ2) is 7.68. The van der Waals surface area contributed by atoms with Gasteiger partial charge >= 0.3 is 0 Å². The van der Waals surface area contributed by atoms with Crippen molar-refractivity contribution in [2.45, 2.75) is 64.2 Å². The summed E-state index contributed by atoms with van der Waals surface area (Å²) in [6.07, 6.45) is 6.42. The van der Waals surface area contributed by atoms with Crippen molar-refractivity contribution in [1.29, 1.82) is 0 Å². The van der Waals surface area contributed by atoms with Crippen molar-refractivity contribution in [3.05, 3.63) is 59.7 Å². The molecule has 0 heterocycles. The zero-order valence-electron chi connectivity index (χ0n) is 15.3. The highest BCUT2D eigenvalue weighted by molar-refractivity contribution is 5.64. The van der Waals surface area contributed by atoms with Crippen LogP contribution in [0.2, 0.25) is 0 Å². The fraction of sp³-hybridized carbons (Fsp3) is 0.478. The molecule has 0 bridgehead atoms. The molecule has 0 aromatic heterocycles. The zero-order valence-corrected chi connectivity index (χ0v) is 15.3. The van der Waals surface area contributed by atoms with E-state index in [0.717, 1.165) is 24.0 Å². The number of benzene rings is 2. The lowest BCUT2D eigenvalue weighted by molar-refractivity contribution is 0.0226. The van der Waals surface area contributed by atoms with Crippen LogP contribution in [0.4, 0.5) is 8.78 Å². The summed E-state index contributed by atoms with van der Waals surface area (Å²) in [6.45, 7) is 3.26. The second-order valence-corrected chi connectivity index (χ2v) is 7.69. The molecule has 25 heavy (non-hydrogen) atoms. The predicted molar refractivity (Wildman–Crippen MR) is 101 cm³/mol. The third-order valence-electron chi connectivity index (χ3n) is 5.61. The molecule has 1 aliphatic carbocycles. The van der Waals surface area contributed by atoms with E-state index in [-0.39, 0.29) is 6.42 Å². The van der Waals surface area contributed by atoms with Gasteiger partial charge in [-0.05, 0) is 66.7 Å². The van der Waals surface area contributed by atoms with Crippen LogP contribution in [0, 0.1) is 5.92 Å². The molecular formula is C23H28F2. The molecule has 2 heteroatoms. The number of hydrogen-bond donors (Lipinski definition) is 0. The Hall–Kier alpha value is -1.70. The Morgan fingerprint density at radius 1 is 0.840 bits per heavy atom. The van der Waals surface area contributed by atoms with Crippen molar-refractivity contribution in [3.8, 4) is 11.1 Å². The molecule has 1 fully saturated rings. The van der Waals surface area contributed by atoms with Crippen molar-refractivity contribution < 1.29 is 8.78 Å². The Balaban J connectivity index is 1.66. The second-order valence-electron chi connectivity index (χ2n) is 7.69. The first-order chi connectivity index (χ1) is 11.9. The van der Waals surface area contributed by atoms with Crippen molar-refractivity contribution in [2.75, 3.05) is 0 Å². The van der Waals surface area contributed by atoms with Gasteiger partial charge in [0.2, 0.25) is 5.92 Å². The summed E-state index contributed by atoms with van der Waals surface area (Å²) in [5, 5.41) is 0. The molecule has 134 valence electrons. The van der Waals surface area contributed by atoms with E-state index in [9.17, 15) is 8.78 Å². The minimum Gasteiger partial charge on any atom is -0.207 e. The Morgan fingerprint density at radius 3 is 1.84 bits per heavy atom. The van der Waals surface area contributed by atoms with Gasteiger partial charge in [-0.2, -0.15) is 0 Å². The van der Waals surface area contributed by atoms with E-state index in [4.69, 9.17) is 0 Å². The highest BCUT2D eigenvalue weighted by atomic mass is 19.3. The molecule has 0 saturated heterocycles. The van der Waals surface area contributed by atoms with E-state index in [1.807, 2.05) is 24.3 Å². The average molecular weight is 342 g/mol. The number of rotatable bonds is 5. The molecule has 2 aromatic rings. The first-order valence-corrected chi connectivity index (χ1v) is 9.51. The van der Waals surface area contributed by atoms with Gasteiger partial charge in [0.05, 0.1) is 0 Å². The number of halogens is 2. The van der Waals surface area contributed by atoms with E-state index < -0.39 is 5.92 Å². The first-order valence-electron chi connectivity index (χ1n) is 9.51. The van der Waals surface area contributed by atoms with Gasteiger partial charge in [0, 0.05) is 6.42 Å². The fourth-order valence-electron chi connectivity index (χ4n) is 4.03. The summed E-state index contributed by atoms with van der Waals surface area (Å²) in [5.41, 5.74) is 4.37. The normalized spacial score (nSPS) is 21.3. The molecule has 0 spiro atoms. The minimum atomic E-state index is -2.65. The summed E-state index contributed by atoms with van der Waals surface area (Å²) < 4.78 is 26.2. The summed E-state index contributed by atoms with van der Waals surface area (Å²) in [6, 6.07) is 16.4. The molecule has 1 saturated carbocycles. The molecule has 0 nitrogen and oxygen atoms in total. The Morgan fingerprint density at radius 2 is 1.36 bits per heavy atom. The van der Waals surface area contributed by atoms with E-state index in [2.05, 4.69) is 31.2 Å². The van der Waals surface area contributed by atoms with Crippen LogP contribution in [0.1, 0.15) is 63.0 Å². The van der Waals surface area contributed by atoms with E-state index in [1.165, 1.54) is 37.7 Å². The van der Waals surface area contributed by atoms with Gasteiger partial charge in [0.1, 0.15) is 0 Å². The summed E-state index contributed by atoms with van der Waals surface area (Å²) >= 11 is 0. The van der Waals surface area contributed by atoms with Crippen LogP contribution in [0.25, 0.3) is 11.1 Å². The largest absolute Gasteiger partial charge is 0.249 e. The van der Waals surface area contributed by atoms with Crippen LogP contribution in [-0.4, -0.2) is 5.92 Å². The third kappa shape index (κ3) is 4.90. The van der Waals surface area contributed by atoms with Gasteiger partial charge in [-0.1, -0.05) is 61.9 Å². The van der Waals surface area contributed by atoms with Crippen molar-refractivity contribution in [3.63, 3.8) is 0 Å². The van der Waals surface area contributed by atoms with Gasteiger partial charge in [-0.15, -0.1) is 0 Å². The lowest BCUT2D eigenvalue weighted by Crippen LogP contribution is -2.13. The van der Waals surface area contributed by atoms with Crippen LogP contribution >= 0.6 is 0 Å². The van der Waals surface area contributed by atoms with Crippen molar-refractivity contribution >= 4 is 0 Å². The minimum absolute atomic E-state index is 0.202. The molecule has 1 aliphatic rings. The van der Waals surface area contributed by atoms with Gasteiger partial charge in [-0.3, -0.25) is 0 Å². The topological polar surface area (TPSA) is 0 Å². The average Bonchev–Trinajstić information content (AvgIpc) is 2.61. The fourth-order valence-corrected chi connectivity index (χ4v) is 4.03. The first kappa shape index (κ1) is 18.1. The van der Waals surface area contributed by atoms with Gasteiger partial charge in [0.15, 0.2) is 0 Å². The molecule has 3 rings (SSSR count). The smallest absolute Gasteiger partial charge is 0.207 e. The third-order valence-corrected chi connectivity index (χ3v) is 5.61. The maximum atomic E-state index is 13.1. The van der Waals surface area contributed by atoms with Crippen LogP contribution in [0.15, 0.2) is 48.5 Å². The maximum absolute atomic E-state index is 13.1. The zero-order chi connectivity index (χ0) is 17.9. The highest BCUT2D eigenvalue weighted by Crippen LogP contribution is 2.37. The van der Waals surface area contributed by atoms with Gasteiger partial charge < -0.3 is 0 Å². The van der Waals surface area contributed by atoms with Crippen LogP contribution in [0.3, 0.4) is 0 Å². The molecule has 0 unspecified atom stereocenters. The summed E-state index contributed by atoms with van der Waals surface area (Å²) in [5.74, 6) is -1.03. The summed E-state index contributed by atoms with van der Waals surface area (Å²) in [7, 11) is 0. The Kier molecular flexibility index (Phi) is 5.56. The molecule has 0 N–H and O–H groups in total.